The van der Waals surface area contributed by atoms with Gasteiger partial charge in [-0.3, -0.25) is 4.79 Å². The first kappa shape index (κ1) is 14.1. The monoisotopic (exact) mass is 276 g/mol. The van der Waals surface area contributed by atoms with Crippen LogP contribution in [0.2, 0.25) is 0 Å². The highest BCUT2D eigenvalue weighted by Crippen LogP contribution is 2.28. The van der Waals surface area contributed by atoms with Gasteiger partial charge in [-0.25, -0.2) is 4.79 Å². The number of rotatable bonds is 4. The van der Waals surface area contributed by atoms with Crippen LogP contribution in [0.1, 0.15) is 29.6 Å². The molecule has 0 aliphatic heterocycles. The fourth-order valence-corrected chi connectivity index (χ4v) is 1.98. The van der Waals surface area contributed by atoms with E-state index in [-0.39, 0.29) is 5.78 Å². The number of methoxy groups -OCH3 is 2. The Kier molecular flexibility index (Phi) is 4.40. The Hall–Kier alpha value is -2.30. The molecule has 0 saturated heterocycles. The van der Waals surface area contributed by atoms with Crippen LogP contribution < -0.4 is 9.47 Å². The molecule has 0 aromatic heterocycles. The third-order valence-electron chi connectivity index (χ3n) is 3.01. The molecule has 0 atom stereocenters. The first-order chi connectivity index (χ1) is 9.63. The number of ketones is 1. The number of benzene rings is 1. The normalized spacial score (nSPS) is 14.5. The third kappa shape index (κ3) is 3.17. The molecule has 20 heavy (non-hydrogen) atoms. The Balaban J connectivity index is 2.15. The lowest BCUT2D eigenvalue weighted by molar-refractivity contribution is -0.115. The van der Waals surface area contributed by atoms with Gasteiger partial charge >= 0.3 is 5.97 Å². The molecule has 0 heterocycles. The summed E-state index contributed by atoms with van der Waals surface area (Å²) in [5, 5.41) is 0. The largest absolute Gasteiger partial charge is 0.493 e. The molecule has 0 amide bonds. The van der Waals surface area contributed by atoms with Crippen LogP contribution in [0.4, 0.5) is 0 Å². The summed E-state index contributed by atoms with van der Waals surface area (Å²) in [6, 6.07) is 4.77. The van der Waals surface area contributed by atoms with E-state index in [9.17, 15) is 9.59 Å². The molecule has 0 radical (unpaired) electrons. The standard InChI is InChI=1S/C15H16O5/c1-18-13-7-6-10(8-14(13)19-2)15(17)20-12-5-3-4-11(16)9-12/h6-9H,3-5H2,1-2H3. The van der Waals surface area contributed by atoms with Crippen LogP contribution in [-0.4, -0.2) is 26.0 Å². The number of hydrogen-bond donors (Lipinski definition) is 0. The van der Waals surface area contributed by atoms with E-state index in [0.717, 1.165) is 0 Å². The molecule has 2 rings (SSSR count). The second-order valence-corrected chi connectivity index (χ2v) is 4.39. The SMILES string of the molecule is COc1ccc(C(=O)OC2=CC(=O)CCC2)cc1OC. The molecular formula is C15H16O5. The van der Waals surface area contributed by atoms with Crippen molar-refractivity contribution in [1.29, 1.82) is 0 Å². The number of carbonyl (C=O) groups excluding carboxylic acids is 2. The van der Waals surface area contributed by atoms with Gasteiger partial charge in [-0.2, -0.15) is 0 Å². The zero-order valence-corrected chi connectivity index (χ0v) is 11.5. The van der Waals surface area contributed by atoms with Crippen molar-refractivity contribution in [2.24, 2.45) is 0 Å². The van der Waals surface area contributed by atoms with Gasteiger partial charge in [-0.05, 0) is 24.6 Å². The van der Waals surface area contributed by atoms with E-state index in [4.69, 9.17) is 14.2 Å². The van der Waals surface area contributed by atoms with E-state index in [1.54, 1.807) is 18.2 Å². The molecule has 0 bridgehead atoms. The Morgan fingerprint density at radius 1 is 1.10 bits per heavy atom. The molecule has 5 nitrogen and oxygen atoms in total. The van der Waals surface area contributed by atoms with Crippen LogP contribution in [0.3, 0.4) is 0 Å². The van der Waals surface area contributed by atoms with Crippen molar-refractivity contribution in [3.8, 4) is 11.5 Å². The summed E-state index contributed by atoms with van der Waals surface area (Å²) in [7, 11) is 3.02. The van der Waals surface area contributed by atoms with E-state index in [1.807, 2.05) is 0 Å². The predicted octanol–water partition coefficient (Wildman–Crippen LogP) is 2.50. The lowest BCUT2D eigenvalue weighted by Crippen LogP contribution is -2.10. The fraction of sp³-hybridized carbons (Fsp3) is 0.333. The van der Waals surface area contributed by atoms with Gasteiger partial charge in [0.2, 0.25) is 0 Å². The Morgan fingerprint density at radius 2 is 1.85 bits per heavy atom. The van der Waals surface area contributed by atoms with Gasteiger partial charge in [0.25, 0.3) is 0 Å². The van der Waals surface area contributed by atoms with Crippen molar-refractivity contribution >= 4 is 11.8 Å². The van der Waals surface area contributed by atoms with Crippen LogP contribution in [0.25, 0.3) is 0 Å². The first-order valence-electron chi connectivity index (χ1n) is 6.31. The summed E-state index contributed by atoms with van der Waals surface area (Å²) in [6.07, 6.45) is 3.22. The molecule has 0 fully saturated rings. The molecule has 0 unspecified atom stereocenters. The average Bonchev–Trinajstić information content (AvgIpc) is 2.46. The zero-order chi connectivity index (χ0) is 14.5. The second kappa shape index (κ2) is 6.23. The average molecular weight is 276 g/mol. The van der Waals surface area contributed by atoms with Crippen molar-refractivity contribution in [2.45, 2.75) is 19.3 Å². The molecule has 1 aliphatic rings. The minimum Gasteiger partial charge on any atom is -0.493 e. The van der Waals surface area contributed by atoms with Gasteiger partial charge in [0.15, 0.2) is 17.3 Å². The van der Waals surface area contributed by atoms with Gasteiger partial charge in [0, 0.05) is 18.9 Å². The fourth-order valence-electron chi connectivity index (χ4n) is 1.98. The Morgan fingerprint density at radius 3 is 2.50 bits per heavy atom. The lowest BCUT2D eigenvalue weighted by atomic mass is 10.1. The number of hydrogen-bond acceptors (Lipinski definition) is 5. The van der Waals surface area contributed by atoms with Crippen molar-refractivity contribution in [3.63, 3.8) is 0 Å². The summed E-state index contributed by atoms with van der Waals surface area (Å²) >= 11 is 0. The topological polar surface area (TPSA) is 61.8 Å². The summed E-state index contributed by atoms with van der Waals surface area (Å²) in [5.41, 5.74) is 0.349. The van der Waals surface area contributed by atoms with E-state index in [0.29, 0.717) is 42.1 Å². The Bertz CT molecular complexity index is 559. The predicted molar refractivity (Wildman–Crippen MR) is 71.9 cm³/mol. The van der Waals surface area contributed by atoms with E-state index in [2.05, 4.69) is 0 Å². The van der Waals surface area contributed by atoms with Gasteiger partial charge in [-0.15, -0.1) is 0 Å². The molecule has 1 aromatic rings. The number of ether oxygens (including phenoxy) is 3. The van der Waals surface area contributed by atoms with E-state index >= 15 is 0 Å². The molecule has 0 saturated carbocycles. The molecule has 5 heteroatoms. The highest BCUT2D eigenvalue weighted by atomic mass is 16.5. The van der Waals surface area contributed by atoms with E-state index < -0.39 is 5.97 Å². The minimum atomic E-state index is -0.507. The smallest absolute Gasteiger partial charge is 0.343 e. The molecule has 1 aromatic carbocycles. The highest BCUT2D eigenvalue weighted by molar-refractivity contribution is 5.93. The number of esters is 1. The summed E-state index contributed by atoms with van der Waals surface area (Å²) < 4.78 is 15.5. The van der Waals surface area contributed by atoms with Gasteiger partial charge in [0.05, 0.1) is 19.8 Å². The quantitative estimate of drug-likeness (QED) is 0.791. The molecule has 1 aliphatic carbocycles. The van der Waals surface area contributed by atoms with Crippen LogP contribution >= 0.6 is 0 Å². The number of allylic oxidation sites excluding steroid dienone is 2. The highest BCUT2D eigenvalue weighted by Gasteiger charge is 2.17. The first-order valence-corrected chi connectivity index (χ1v) is 6.31. The Labute approximate surface area is 117 Å². The molecular weight excluding hydrogens is 260 g/mol. The summed E-state index contributed by atoms with van der Waals surface area (Å²) in [5.74, 6) is 0.894. The van der Waals surface area contributed by atoms with Crippen LogP contribution in [0.5, 0.6) is 11.5 Å². The van der Waals surface area contributed by atoms with E-state index in [1.165, 1.54) is 20.3 Å². The molecule has 0 spiro atoms. The maximum absolute atomic E-state index is 12.0. The zero-order valence-electron chi connectivity index (χ0n) is 11.5. The number of carbonyl (C=O) groups is 2. The second-order valence-electron chi connectivity index (χ2n) is 4.39. The van der Waals surface area contributed by atoms with Crippen molar-refractivity contribution in [1.82, 2.24) is 0 Å². The maximum Gasteiger partial charge on any atom is 0.343 e. The molecule has 106 valence electrons. The summed E-state index contributed by atoms with van der Waals surface area (Å²) in [4.78, 5) is 23.3. The van der Waals surface area contributed by atoms with Crippen molar-refractivity contribution < 1.29 is 23.8 Å². The third-order valence-corrected chi connectivity index (χ3v) is 3.01. The van der Waals surface area contributed by atoms with Crippen LogP contribution in [-0.2, 0) is 9.53 Å². The van der Waals surface area contributed by atoms with Crippen molar-refractivity contribution in [2.75, 3.05) is 14.2 Å². The minimum absolute atomic E-state index is 0.00800. The van der Waals surface area contributed by atoms with Crippen LogP contribution in [0, 0.1) is 0 Å². The van der Waals surface area contributed by atoms with Crippen molar-refractivity contribution in [3.05, 3.63) is 35.6 Å². The van der Waals surface area contributed by atoms with Gasteiger partial charge in [-0.1, -0.05) is 0 Å². The summed E-state index contributed by atoms with van der Waals surface area (Å²) in [6.45, 7) is 0. The van der Waals surface area contributed by atoms with Gasteiger partial charge < -0.3 is 14.2 Å². The van der Waals surface area contributed by atoms with Gasteiger partial charge in [0.1, 0.15) is 5.76 Å². The maximum atomic E-state index is 12.0. The molecule has 0 N–H and O–H groups in total. The van der Waals surface area contributed by atoms with Crippen LogP contribution in [0.15, 0.2) is 30.0 Å². The lowest BCUT2D eigenvalue weighted by Gasteiger charge is -2.13.